The van der Waals surface area contributed by atoms with Gasteiger partial charge in [0, 0.05) is 41.9 Å². The Morgan fingerprint density at radius 3 is 2.64 bits per heavy atom. The normalized spacial score (nSPS) is 18.3. The van der Waals surface area contributed by atoms with Crippen molar-refractivity contribution in [3.05, 3.63) is 57.5 Å². The quantitative estimate of drug-likeness (QED) is 0.868. The van der Waals surface area contributed by atoms with Gasteiger partial charge in [-0.15, -0.1) is 0 Å². The van der Waals surface area contributed by atoms with Crippen LogP contribution in [0.15, 0.2) is 29.3 Å². The maximum absolute atomic E-state index is 12.7. The largest absolute Gasteiger partial charge is 0.342 e. The van der Waals surface area contributed by atoms with Gasteiger partial charge in [-0.25, -0.2) is 4.98 Å². The molecule has 1 aliphatic carbocycles. The molecule has 1 aliphatic heterocycles. The molecule has 28 heavy (non-hydrogen) atoms. The van der Waals surface area contributed by atoms with E-state index in [2.05, 4.69) is 30.7 Å². The number of nitrogens with zero attached hydrogens (tertiary/aromatic N) is 3. The van der Waals surface area contributed by atoms with Crippen LogP contribution in [-0.4, -0.2) is 38.8 Å². The first-order chi connectivity index (χ1) is 13.3. The van der Waals surface area contributed by atoms with Crippen molar-refractivity contribution in [2.45, 2.75) is 63.7 Å². The fraction of sp³-hybridized carbons (Fsp3) is 0.545. The van der Waals surface area contributed by atoms with E-state index >= 15 is 0 Å². The molecule has 1 spiro atoms. The third-order valence-electron chi connectivity index (χ3n) is 6.23. The van der Waals surface area contributed by atoms with E-state index in [4.69, 9.17) is 4.98 Å². The number of hydrogen-bond donors (Lipinski definition) is 1. The molecule has 0 aromatic carbocycles. The summed E-state index contributed by atoms with van der Waals surface area (Å²) in [6, 6.07) is 3.80. The van der Waals surface area contributed by atoms with Gasteiger partial charge in [0.2, 0.25) is 5.91 Å². The Morgan fingerprint density at radius 2 is 2.00 bits per heavy atom. The molecular weight excluding hydrogens is 352 g/mol. The molecule has 0 radical (unpaired) electrons. The summed E-state index contributed by atoms with van der Waals surface area (Å²) in [6.45, 7) is 7.65. The van der Waals surface area contributed by atoms with Gasteiger partial charge in [0.25, 0.3) is 5.56 Å². The van der Waals surface area contributed by atoms with Gasteiger partial charge in [0.05, 0.1) is 12.1 Å². The number of likely N-dealkylation sites (tertiary alicyclic amines) is 1. The summed E-state index contributed by atoms with van der Waals surface area (Å²) in [5.74, 6) is 0.905. The number of amides is 1. The molecule has 4 rings (SSSR count). The van der Waals surface area contributed by atoms with Crippen molar-refractivity contribution in [1.82, 2.24) is 19.9 Å². The molecular formula is C22H28N4O2. The second kappa shape index (κ2) is 6.83. The van der Waals surface area contributed by atoms with Crippen molar-refractivity contribution in [3.8, 4) is 0 Å². The minimum absolute atomic E-state index is 0.0156. The standard InChI is InChI=1S/C22H28N4O2/c1-21(2,3)20-24-18-16(19(28)25-20)6-7-22(18)8-11-26(12-9-22)17(27)13-15-5-4-10-23-14-15/h4-5,10,14H,6-9,11-13H2,1-3H3,(H,24,25,28). The number of carbonyl (C=O) groups is 1. The topological polar surface area (TPSA) is 79.0 Å². The Labute approximate surface area is 165 Å². The van der Waals surface area contributed by atoms with Gasteiger partial charge in [-0.3, -0.25) is 14.6 Å². The number of nitrogens with one attached hydrogen (secondary N) is 1. The van der Waals surface area contributed by atoms with Crippen LogP contribution in [0.25, 0.3) is 0 Å². The zero-order valence-electron chi connectivity index (χ0n) is 16.9. The highest BCUT2D eigenvalue weighted by Crippen LogP contribution is 2.44. The maximum Gasteiger partial charge on any atom is 0.254 e. The molecule has 2 aliphatic rings. The SMILES string of the molecule is CC(C)(C)c1nc2c(c(=O)[nH]1)CCC21CCN(C(=O)Cc2cccnc2)CC1. The molecule has 1 N–H and O–H groups in total. The van der Waals surface area contributed by atoms with E-state index in [0.717, 1.165) is 61.4 Å². The molecule has 3 heterocycles. The summed E-state index contributed by atoms with van der Waals surface area (Å²) in [4.78, 5) is 39.3. The number of H-pyrrole nitrogens is 1. The van der Waals surface area contributed by atoms with Gasteiger partial charge in [0.1, 0.15) is 5.82 Å². The van der Waals surface area contributed by atoms with Gasteiger partial charge < -0.3 is 9.88 Å². The Morgan fingerprint density at radius 1 is 1.25 bits per heavy atom. The Hall–Kier alpha value is -2.50. The van der Waals surface area contributed by atoms with Crippen LogP contribution in [-0.2, 0) is 28.5 Å². The smallest absolute Gasteiger partial charge is 0.254 e. The number of carbonyl (C=O) groups excluding carboxylic acids is 1. The lowest BCUT2D eigenvalue weighted by Crippen LogP contribution is -2.45. The number of fused-ring (bicyclic) bond motifs is 2. The van der Waals surface area contributed by atoms with Crippen molar-refractivity contribution >= 4 is 5.91 Å². The maximum atomic E-state index is 12.7. The average molecular weight is 380 g/mol. The number of pyridine rings is 1. The van der Waals surface area contributed by atoms with Gasteiger partial charge in [-0.1, -0.05) is 26.8 Å². The number of aromatic amines is 1. The molecule has 6 heteroatoms. The lowest BCUT2D eigenvalue weighted by Gasteiger charge is -2.39. The molecule has 148 valence electrons. The molecule has 0 saturated carbocycles. The molecule has 1 amide bonds. The van der Waals surface area contributed by atoms with Crippen molar-refractivity contribution in [2.24, 2.45) is 0 Å². The van der Waals surface area contributed by atoms with Crippen LogP contribution in [0.4, 0.5) is 0 Å². The van der Waals surface area contributed by atoms with E-state index < -0.39 is 0 Å². The van der Waals surface area contributed by atoms with Crippen molar-refractivity contribution in [2.75, 3.05) is 13.1 Å². The second-order valence-corrected chi connectivity index (χ2v) is 9.19. The zero-order valence-corrected chi connectivity index (χ0v) is 16.9. The minimum Gasteiger partial charge on any atom is -0.342 e. The van der Waals surface area contributed by atoms with E-state index in [-0.39, 0.29) is 22.3 Å². The lowest BCUT2D eigenvalue weighted by atomic mass is 9.76. The van der Waals surface area contributed by atoms with Crippen molar-refractivity contribution in [1.29, 1.82) is 0 Å². The molecule has 0 unspecified atom stereocenters. The zero-order chi connectivity index (χ0) is 19.9. The summed E-state index contributed by atoms with van der Waals surface area (Å²) < 4.78 is 0. The first-order valence-electron chi connectivity index (χ1n) is 10.1. The van der Waals surface area contributed by atoms with Gasteiger partial charge in [-0.05, 0) is 37.3 Å². The van der Waals surface area contributed by atoms with Gasteiger partial charge in [0.15, 0.2) is 0 Å². The highest BCUT2D eigenvalue weighted by molar-refractivity contribution is 5.78. The van der Waals surface area contributed by atoms with Crippen LogP contribution in [0.2, 0.25) is 0 Å². The average Bonchev–Trinajstić information content (AvgIpc) is 3.01. The molecule has 1 fully saturated rings. The first kappa shape index (κ1) is 18.8. The summed E-state index contributed by atoms with van der Waals surface area (Å²) in [5, 5.41) is 0. The predicted octanol–water partition coefficient (Wildman–Crippen LogP) is 2.51. The summed E-state index contributed by atoms with van der Waals surface area (Å²) >= 11 is 0. The molecule has 2 aromatic heterocycles. The highest BCUT2D eigenvalue weighted by Gasteiger charge is 2.45. The fourth-order valence-corrected chi connectivity index (χ4v) is 4.47. The third-order valence-corrected chi connectivity index (χ3v) is 6.23. The van der Waals surface area contributed by atoms with E-state index in [1.54, 1.807) is 12.4 Å². The van der Waals surface area contributed by atoms with Crippen molar-refractivity contribution < 1.29 is 4.79 Å². The predicted molar refractivity (Wildman–Crippen MR) is 107 cm³/mol. The Kier molecular flexibility index (Phi) is 4.60. The van der Waals surface area contributed by atoms with E-state index in [0.29, 0.717) is 6.42 Å². The molecule has 0 atom stereocenters. The van der Waals surface area contributed by atoms with Crippen LogP contribution < -0.4 is 5.56 Å². The minimum atomic E-state index is -0.196. The summed E-state index contributed by atoms with van der Waals surface area (Å²) in [7, 11) is 0. The first-order valence-corrected chi connectivity index (χ1v) is 10.1. The van der Waals surface area contributed by atoms with Gasteiger partial charge >= 0.3 is 0 Å². The van der Waals surface area contributed by atoms with E-state index in [1.165, 1.54) is 0 Å². The highest BCUT2D eigenvalue weighted by atomic mass is 16.2. The number of aromatic nitrogens is 3. The Bertz CT molecular complexity index is 935. The van der Waals surface area contributed by atoms with E-state index in [9.17, 15) is 9.59 Å². The molecule has 0 bridgehead atoms. The van der Waals surface area contributed by atoms with Crippen LogP contribution in [0.5, 0.6) is 0 Å². The van der Waals surface area contributed by atoms with E-state index in [1.807, 2.05) is 17.0 Å². The summed E-state index contributed by atoms with van der Waals surface area (Å²) in [6.07, 6.45) is 7.35. The molecule has 1 saturated heterocycles. The lowest BCUT2D eigenvalue weighted by molar-refractivity contribution is -0.132. The monoisotopic (exact) mass is 380 g/mol. The van der Waals surface area contributed by atoms with Crippen LogP contribution in [0.1, 0.15) is 62.7 Å². The number of hydrogen-bond acceptors (Lipinski definition) is 4. The molecule has 2 aromatic rings. The van der Waals surface area contributed by atoms with Crippen LogP contribution >= 0.6 is 0 Å². The molecule has 6 nitrogen and oxygen atoms in total. The number of rotatable bonds is 2. The summed E-state index contributed by atoms with van der Waals surface area (Å²) in [5.41, 5.74) is 2.54. The van der Waals surface area contributed by atoms with Crippen LogP contribution in [0.3, 0.4) is 0 Å². The number of piperidine rings is 1. The fourth-order valence-electron chi connectivity index (χ4n) is 4.47. The third kappa shape index (κ3) is 3.36. The van der Waals surface area contributed by atoms with Gasteiger partial charge in [-0.2, -0.15) is 0 Å². The second-order valence-electron chi connectivity index (χ2n) is 9.19. The van der Waals surface area contributed by atoms with Crippen LogP contribution in [0, 0.1) is 0 Å². The Balaban J connectivity index is 1.52. The van der Waals surface area contributed by atoms with Crippen molar-refractivity contribution in [3.63, 3.8) is 0 Å².